The lowest BCUT2D eigenvalue weighted by molar-refractivity contribution is -0.141. The van der Waals surface area contributed by atoms with E-state index in [4.69, 9.17) is 11.6 Å². The Morgan fingerprint density at radius 1 is 1.17 bits per heavy atom. The molecule has 0 aliphatic heterocycles. The number of urea groups is 1. The van der Waals surface area contributed by atoms with Crippen LogP contribution in [-0.2, 0) is 12.7 Å². The molecule has 2 aromatic carbocycles. The second-order valence-corrected chi connectivity index (χ2v) is 6.79. The number of aromatic amines is 1. The molecule has 3 N–H and O–H groups in total. The van der Waals surface area contributed by atoms with Crippen LogP contribution in [0.5, 0.6) is 0 Å². The van der Waals surface area contributed by atoms with Gasteiger partial charge in [0.05, 0.1) is 35.3 Å². The van der Waals surface area contributed by atoms with E-state index in [2.05, 4.69) is 25.9 Å². The quantitative estimate of drug-likeness (QED) is 0.433. The van der Waals surface area contributed by atoms with Crippen LogP contribution in [0.2, 0.25) is 5.02 Å². The molecule has 0 unspecified atom stereocenters. The van der Waals surface area contributed by atoms with Crippen molar-refractivity contribution in [1.29, 1.82) is 0 Å². The summed E-state index contributed by atoms with van der Waals surface area (Å²) in [6.07, 6.45) is -3.05. The summed E-state index contributed by atoms with van der Waals surface area (Å²) in [5.74, 6) is 0. The number of alkyl halides is 3. The second kappa shape index (κ2) is 7.71. The molecule has 154 valence electrons. The van der Waals surface area contributed by atoms with Crippen molar-refractivity contribution in [3.8, 4) is 5.69 Å². The highest BCUT2D eigenvalue weighted by Crippen LogP contribution is 2.30. The highest BCUT2D eigenvalue weighted by Gasteiger charge is 2.35. The van der Waals surface area contributed by atoms with Crippen LogP contribution in [0, 0.1) is 0 Å². The molecule has 2 aromatic heterocycles. The van der Waals surface area contributed by atoms with Crippen LogP contribution in [0.15, 0.2) is 54.7 Å². The Bertz CT molecular complexity index is 1200. The van der Waals surface area contributed by atoms with Crippen LogP contribution in [0.3, 0.4) is 0 Å². The molecular weight excluding hydrogens is 421 g/mol. The molecule has 0 fully saturated rings. The molecular formula is C19H14ClF3N6O. The lowest BCUT2D eigenvalue weighted by Gasteiger charge is -2.10. The lowest BCUT2D eigenvalue weighted by atomic mass is 10.2. The molecule has 2 heterocycles. The summed E-state index contributed by atoms with van der Waals surface area (Å²) in [6, 6.07) is 11.7. The molecule has 4 aromatic rings. The molecule has 0 aliphatic carbocycles. The van der Waals surface area contributed by atoms with Crippen molar-refractivity contribution in [2.75, 3.05) is 5.32 Å². The lowest BCUT2D eigenvalue weighted by Crippen LogP contribution is -2.29. The number of anilines is 1. The van der Waals surface area contributed by atoms with E-state index >= 15 is 0 Å². The van der Waals surface area contributed by atoms with E-state index in [1.165, 1.54) is 0 Å². The van der Waals surface area contributed by atoms with Gasteiger partial charge in [0, 0.05) is 10.4 Å². The molecule has 11 heteroatoms. The number of amides is 2. The standard InChI is InChI=1S/C19H14ClF3N6O/c20-11-4-6-12(7-5-11)29-13(8-17(28-29)19(21,22)23)9-24-18(30)26-15-2-1-3-16-14(15)10-25-27-16/h1-8,10H,9H2,(H,25,27)(H2,24,26,30). The average Bonchev–Trinajstić information content (AvgIpc) is 3.34. The van der Waals surface area contributed by atoms with Gasteiger partial charge in [0.25, 0.3) is 0 Å². The zero-order valence-corrected chi connectivity index (χ0v) is 15.9. The monoisotopic (exact) mass is 434 g/mol. The van der Waals surface area contributed by atoms with Gasteiger partial charge in [0.15, 0.2) is 5.69 Å². The first-order valence-electron chi connectivity index (χ1n) is 8.70. The van der Waals surface area contributed by atoms with Gasteiger partial charge >= 0.3 is 12.2 Å². The SMILES string of the molecule is O=C(NCc1cc(C(F)(F)F)nn1-c1ccc(Cl)cc1)Nc1cccc2[nH]ncc12. The summed E-state index contributed by atoms with van der Waals surface area (Å²) in [6.45, 7) is -0.182. The van der Waals surface area contributed by atoms with Crippen LogP contribution in [-0.4, -0.2) is 26.0 Å². The van der Waals surface area contributed by atoms with Gasteiger partial charge in [0.1, 0.15) is 0 Å². The Hall–Kier alpha value is -3.53. The maximum atomic E-state index is 13.2. The average molecular weight is 435 g/mol. The number of H-pyrrole nitrogens is 1. The first-order valence-corrected chi connectivity index (χ1v) is 9.08. The van der Waals surface area contributed by atoms with Crippen molar-refractivity contribution in [3.05, 3.63) is 71.1 Å². The number of nitrogens with zero attached hydrogens (tertiary/aromatic N) is 3. The number of carbonyl (C=O) groups is 1. The van der Waals surface area contributed by atoms with Crippen LogP contribution >= 0.6 is 11.6 Å². The Balaban J connectivity index is 1.54. The number of halogens is 4. The van der Waals surface area contributed by atoms with Crippen molar-refractivity contribution in [2.45, 2.75) is 12.7 Å². The normalized spacial score (nSPS) is 11.6. The van der Waals surface area contributed by atoms with Gasteiger partial charge in [-0.15, -0.1) is 0 Å². The van der Waals surface area contributed by atoms with Crippen LogP contribution < -0.4 is 10.6 Å². The third kappa shape index (κ3) is 4.08. The van der Waals surface area contributed by atoms with E-state index in [9.17, 15) is 18.0 Å². The van der Waals surface area contributed by atoms with E-state index in [1.54, 1.807) is 48.7 Å². The fourth-order valence-electron chi connectivity index (χ4n) is 2.90. The fraction of sp³-hybridized carbons (Fsp3) is 0.105. The molecule has 0 saturated carbocycles. The molecule has 0 bridgehead atoms. The largest absolute Gasteiger partial charge is 0.435 e. The maximum absolute atomic E-state index is 13.2. The molecule has 4 rings (SSSR count). The molecule has 0 aliphatic rings. The van der Waals surface area contributed by atoms with Crippen molar-refractivity contribution in [2.24, 2.45) is 0 Å². The van der Waals surface area contributed by atoms with Crippen molar-refractivity contribution in [1.82, 2.24) is 25.3 Å². The zero-order valence-electron chi connectivity index (χ0n) is 15.2. The Labute approximate surface area is 172 Å². The van der Waals surface area contributed by atoms with E-state index in [-0.39, 0.29) is 12.2 Å². The molecule has 0 spiro atoms. The van der Waals surface area contributed by atoms with Crippen LogP contribution in [0.4, 0.5) is 23.7 Å². The topological polar surface area (TPSA) is 87.6 Å². The minimum atomic E-state index is -4.62. The molecule has 30 heavy (non-hydrogen) atoms. The zero-order chi connectivity index (χ0) is 21.3. The van der Waals surface area contributed by atoms with Crippen molar-refractivity contribution < 1.29 is 18.0 Å². The number of nitrogens with one attached hydrogen (secondary N) is 3. The van der Waals surface area contributed by atoms with Gasteiger partial charge in [-0.2, -0.15) is 23.4 Å². The summed E-state index contributed by atoms with van der Waals surface area (Å²) in [7, 11) is 0. The van der Waals surface area contributed by atoms with Crippen molar-refractivity contribution >= 4 is 34.2 Å². The predicted octanol–water partition coefficient (Wildman–Crippen LogP) is 4.74. The number of carbonyl (C=O) groups excluding carboxylic acids is 1. The predicted molar refractivity (Wildman–Crippen MR) is 106 cm³/mol. The third-order valence-corrected chi connectivity index (χ3v) is 4.56. The number of rotatable bonds is 4. The fourth-order valence-corrected chi connectivity index (χ4v) is 3.03. The van der Waals surface area contributed by atoms with E-state index in [0.717, 1.165) is 16.3 Å². The summed E-state index contributed by atoms with van der Waals surface area (Å²) < 4.78 is 40.6. The number of aromatic nitrogens is 4. The minimum Gasteiger partial charge on any atom is -0.332 e. The van der Waals surface area contributed by atoms with Gasteiger partial charge in [-0.25, -0.2) is 9.48 Å². The molecule has 0 radical (unpaired) electrons. The summed E-state index contributed by atoms with van der Waals surface area (Å²) in [4.78, 5) is 12.3. The second-order valence-electron chi connectivity index (χ2n) is 6.35. The van der Waals surface area contributed by atoms with Crippen molar-refractivity contribution in [3.63, 3.8) is 0 Å². The number of benzene rings is 2. The minimum absolute atomic E-state index is 0.154. The van der Waals surface area contributed by atoms with Crippen LogP contribution in [0.1, 0.15) is 11.4 Å². The number of fused-ring (bicyclic) bond motifs is 1. The first kappa shape index (κ1) is 19.8. The summed E-state index contributed by atoms with van der Waals surface area (Å²) >= 11 is 5.85. The Morgan fingerprint density at radius 2 is 1.93 bits per heavy atom. The highest BCUT2D eigenvalue weighted by molar-refractivity contribution is 6.30. The molecule has 0 saturated heterocycles. The summed E-state index contributed by atoms with van der Waals surface area (Å²) in [5, 5.41) is 16.7. The Kier molecular flexibility index (Phi) is 5.08. The van der Waals surface area contributed by atoms with Gasteiger partial charge < -0.3 is 10.6 Å². The van der Waals surface area contributed by atoms with E-state index < -0.39 is 17.9 Å². The smallest absolute Gasteiger partial charge is 0.332 e. The Morgan fingerprint density at radius 3 is 2.67 bits per heavy atom. The van der Waals surface area contributed by atoms with Gasteiger partial charge in [-0.3, -0.25) is 5.10 Å². The van der Waals surface area contributed by atoms with E-state index in [0.29, 0.717) is 21.8 Å². The molecule has 2 amide bonds. The summed E-state index contributed by atoms with van der Waals surface area (Å²) in [5.41, 5.74) is 0.735. The molecule has 0 atom stereocenters. The van der Waals surface area contributed by atoms with Crippen LogP contribution in [0.25, 0.3) is 16.6 Å². The molecule has 7 nitrogen and oxygen atoms in total. The first-order chi connectivity index (χ1) is 14.3. The third-order valence-electron chi connectivity index (χ3n) is 4.31. The van der Waals surface area contributed by atoms with Gasteiger partial charge in [-0.1, -0.05) is 17.7 Å². The van der Waals surface area contributed by atoms with Gasteiger partial charge in [-0.05, 0) is 42.5 Å². The maximum Gasteiger partial charge on any atom is 0.435 e. The van der Waals surface area contributed by atoms with Gasteiger partial charge in [0.2, 0.25) is 0 Å². The number of hydrogen-bond donors (Lipinski definition) is 3. The highest BCUT2D eigenvalue weighted by atomic mass is 35.5. The number of hydrogen-bond acceptors (Lipinski definition) is 3. The van der Waals surface area contributed by atoms with E-state index in [1.807, 2.05) is 0 Å².